The highest BCUT2D eigenvalue weighted by molar-refractivity contribution is 5.24. The maximum absolute atomic E-state index is 10.3. The van der Waals surface area contributed by atoms with Crippen LogP contribution in [0.25, 0.3) is 0 Å². The number of rotatable bonds is 7. The van der Waals surface area contributed by atoms with Gasteiger partial charge < -0.3 is 10.0 Å². The van der Waals surface area contributed by atoms with Gasteiger partial charge in [0, 0.05) is 13.1 Å². The summed E-state index contributed by atoms with van der Waals surface area (Å²) in [5, 5.41) is 10.3. The molecule has 1 aliphatic carbocycles. The van der Waals surface area contributed by atoms with Gasteiger partial charge in [-0.05, 0) is 48.8 Å². The fourth-order valence-corrected chi connectivity index (χ4v) is 2.88. The molecule has 1 saturated carbocycles. The number of benzene rings is 1. The van der Waals surface area contributed by atoms with E-state index in [0.29, 0.717) is 5.92 Å². The van der Waals surface area contributed by atoms with Crippen molar-refractivity contribution in [3.8, 4) is 0 Å². The molecule has 0 radical (unpaired) electrons. The van der Waals surface area contributed by atoms with Gasteiger partial charge in [-0.2, -0.15) is 0 Å². The molecule has 3 atom stereocenters. The second-order valence-electron chi connectivity index (χ2n) is 7.05. The molecule has 0 heterocycles. The van der Waals surface area contributed by atoms with Crippen LogP contribution >= 0.6 is 0 Å². The molecule has 3 unspecified atom stereocenters. The summed E-state index contributed by atoms with van der Waals surface area (Å²) in [6.45, 7) is 8.62. The van der Waals surface area contributed by atoms with Crippen molar-refractivity contribution in [3.63, 3.8) is 0 Å². The summed E-state index contributed by atoms with van der Waals surface area (Å²) >= 11 is 0. The lowest BCUT2D eigenvalue weighted by atomic mass is 10.00. The van der Waals surface area contributed by atoms with Crippen LogP contribution < -0.4 is 0 Å². The number of aliphatic hydroxyl groups is 1. The molecule has 0 bridgehead atoms. The van der Waals surface area contributed by atoms with E-state index in [9.17, 15) is 5.11 Å². The summed E-state index contributed by atoms with van der Waals surface area (Å²) in [6, 6.07) is 8.47. The summed E-state index contributed by atoms with van der Waals surface area (Å²) in [4.78, 5) is 2.26. The van der Waals surface area contributed by atoms with E-state index in [2.05, 4.69) is 57.0 Å². The molecule has 1 aromatic rings. The summed E-state index contributed by atoms with van der Waals surface area (Å²) in [6.07, 6.45) is 2.09. The Morgan fingerprint density at radius 2 is 1.85 bits per heavy atom. The van der Waals surface area contributed by atoms with Crippen LogP contribution in [0.15, 0.2) is 24.3 Å². The monoisotopic (exact) mass is 275 g/mol. The molecule has 1 fully saturated rings. The van der Waals surface area contributed by atoms with Crippen molar-refractivity contribution in [2.75, 3.05) is 20.1 Å². The highest BCUT2D eigenvalue weighted by Crippen LogP contribution is 2.38. The van der Waals surface area contributed by atoms with E-state index in [-0.39, 0.29) is 6.10 Å². The standard InChI is InChI=1S/C18H29NO/c1-13(2)9-15-5-7-16(8-6-15)18(20)12-19(4)11-17-10-14(17)3/h5-8,13-14,17-18,20H,9-12H2,1-4H3. The van der Waals surface area contributed by atoms with Gasteiger partial charge in [0.25, 0.3) is 0 Å². The quantitative estimate of drug-likeness (QED) is 0.823. The molecule has 1 aliphatic rings. The second-order valence-corrected chi connectivity index (χ2v) is 7.05. The van der Waals surface area contributed by atoms with Crippen LogP contribution in [0.2, 0.25) is 0 Å². The fraction of sp³-hybridized carbons (Fsp3) is 0.667. The molecular formula is C18H29NO. The van der Waals surface area contributed by atoms with Gasteiger partial charge in [-0.3, -0.25) is 0 Å². The van der Waals surface area contributed by atoms with E-state index in [0.717, 1.165) is 36.9 Å². The van der Waals surface area contributed by atoms with Crippen molar-refractivity contribution in [1.29, 1.82) is 0 Å². The van der Waals surface area contributed by atoms with Crippen molar-refractivity contribution >= 4 is 0 Å². The van der Waals surface area contributed by atoms with Crippen LogP contribution in [0.5, 0.6) is 0 Å². The first-order valence-corrected chi connectivity index (χ1v) is 7.91. The highest BCUT2D eigenvalue weighted by atomic mass is 16.3. The van der Waals surface area contributed by atoms with E-state index >= 15 is 0 Å². The Hall–Kier alpha value is -0.860. The van der Waals surface area contributed by atoms with E-state index in [1.165, 1.54) is 12.0 Å². The van der Waals surface area contributed by atoms with Crippen molar-refractivity contribution in [1.82, 2.24) is 4.90 Å². The smallest absolute Gasteiger partial charge is 0.0916 e. The predicted octanol–water partition coefficient (Wildman–Crippen LogP) is 3.51. The lowest BCUT2D eigenvalue weighted by Crippen LogP contribution is -2.27. The molecule has 1 N–H and O–H groups in total. The topological polar surface area (TPSA) is 23.5 Å². The van der Waals surface area contributed by atoms with Crippen molar-refractivity contribution in [2.24, 2.45) is 17.8 Å². The molecule has 0 aliphatic heterocycles. The zero-order valence-electron chi connectivity index (χ0n) is 13.3. The molecule has 0 amide bonds. The molecule has 2 heteroatoms. The van der Waals surface area contributed by atoms with Crippen LogP contribution in [0.3, 0.4) is 0 Å². The molecule has 0 saturated heterocycles. The Kier molecular flexibility index (Phi) is 5.22. The average molecular weight is 275 g/mol. The highest BCUT2D eigenvalue weighted by Gasteiger charge is 2.33. The van der Waals surface area contributed by atoms with Gasteiger partial charge in [0.1, 0.15) is 0 Å². The van der Waals surface area contributed by atoms with E-state index in [1.54, 1.807) is 0 Å². The third-order valence-electron chi connectivity index (χ3n) is 4.32. The maximum atomic E-state index is 10.3. The minimum Gasteiger partial charge on any atom is -0.387 e. The van der Waals surface area contributed by atoms with Crippen LogP contribution in [-0.2, 0) is 6.42 Å². The minimum absolute atomic E-state index is 0.373. The summed E-state index contributed by atoms with van der Waals surface area (Å²) in [5.74, 6) is 2.41. The van der Waals surface area contributed by atoms with Crippen LogP contribution in [0.4, 0.5) is 0 Å². The first kappa shape index (κ1) is 15.5. The van der Waals surface area contributed by atoms with Gasteiger partial charge in [-0.1, -0.05) is 45.0 Å². The normalized spacial score (nSPS) is 23.4. The first-order chi connectivity index (χ1) is 9.45. The number of likely N-dealkylation sites (N-methyl/N-ethyl adjacent to an activating group) is 1. The van der Waals surface area contributed by atoms with Gasteiger partial charge in [0.05, 0.1) is 6.10 Å². The lowest BCUT2D eigenvalue weighted by molar-refractivity contribution is 0.124. The van der Waals surface area contributed by atoms with Crippen LogP contribution in [0.1, 0.15) is 44.4 Å². The molecule has 0 spiro atoms. The number of aliphatic hydroxyl groups excluding tert-OH is 1. The van der Waals surface area contributed by atoms with E-state index in [1.807, 2.05) is 0 Å². The van der Waals surface area contributed by atoms with E-state index < -0.39 is 0 Å². The Labute approximate surface area is 123 Å². The minimum atomic E-state index is -0.373. The Balaban J connectivity index is 1.83. The number of hydrogen-bond acceptors (Lipinski definition) is 2. The van der Waals surface area contributed by atoms with Crippen molar-refractivity contribution < 1.29 is 5.11 Å². The molecule has 1 aromatic carbocycles. The average Bonchev–Trinajstić information content (AvgIpc) is 3.04. The molecule has 112 valence electrons. The molecular weight excluding hydrogens is 246 g/mol. The van der Waals surface area contributed by atoms with Crippen molar-refractivity contribution in [2.45, 2.75) is 39.7 Å². The van der Waals surface area contributed by atoms with E-state index in [4.69, 9.17) is 0 Å². The molecule has 2 rings (SSSR count). The largest absolute Gasteiger partial charge is 0.387 e. The third kappa shape index (κ3) is 4.60. The van der Waals surface area contributed by atoms with Gasteiger partial charge in [-0.25, -0.2) is 0 Å². The molecule has 0 aromatic heterocycles. The first-order valence-electron chi connectivity index (χ1n) is 7.91. The zero-order chi connectivity index (χ0) is 14.7. The third-order valence-corrected chi connectivity index (χ3v) is 4.32. The second kappa shape index (κ2) is 6.73. The Morgan fingerprint density at radius 3 is 2.35 bits per heavy atom. The fourth-order valence-electron chi connectivity index (χ4n) is 2.88. The van der Waals surface area contributed by atoms with Gasteiger partial charge in [-0.15, -0.1) is 0 Å². The number of nitrogens with zero attached hydrogens (tertiary/aromatic N) is 1. The maximum Gasteiger partial charge on any atom is 0.0916 e. The van der Waals surface area contributed by atoms with Crippen LogP contribution in [-0.4, -0.2) is 30.1 Å². The molecule has 20 heavy (non-hydrogen) atoms. The zero-order valence-corrected chi connectivity index (χ0v) is 13.3. The Morgan fingerprint density at radius 1 is 1.25 bits per heavy atom. The van der Waals surface area contributed by atoms with Gasteiger partial charge >= 0.3 is 0 Å². The van der Waals surface area contributed by atoms with Gasteiger partial charge in [0.15, 0.2) is 0 Å². The summed E-state index contributed by atoms with van der Waals surface area (Å²) < 4.78 is 0. The predicted molar refractivity (Wildman–Crippen MR) is 84.7 cm³/mol. The number of hydrogen-bond donors (Lipinski definition) is 1. The Bertz CT molecular complexity index is 412. The van der Waals surface area contributed by atoms with Crippen LogP contribution in [0, 0.1) is 17.8 Å². The molecule has 2 nitrogen and oxygen atoms in total. The summed E-state index contributed by atoms with van der Waals surface area (Å²) in [7, 11) is 2.11. The van der Waals surface area contributed by atoms with Crippen molar-refractivity contribution in [3.05, 3.63) is 35.4 Å². The van der Waals surface area contributed by atoms with Gasteiger partial charge in [0.2, 0.25) is 0 Å². The SMILES string of the molecule is CC(C)Cc1ccc(C(O)CN(C)CC2CC2C)cc1. The lowest BCUT2D eigenvalue weighted by Gasteiger charge is -2.21. The summed E-state index contributed by atoms with van der Waals surface area (Å²) in [5.41, 5.74) is 2.39.